The molecular weight excluding hydrogens is 364 g/mol. The second-order valence-electron chi connectivity index (χ2n) is 6.86. The largest absolute Gasteiger partial charge is 0.497 e. The van der Waals surface area contributed by atoms with Gasteiger partial charge in [0.2, 0.25) is 5.91 Å². The van der Waals surface area contributed by atoms with E-state index in [0.29, 0.717) is 27.6 Å². The Kier molecular flexibility index (Phi) is 4.65. The number of ether oxygens (including phenoxy) is 1. The molecule has 1 aliphatic carbocycles. The first-order chi connectivity index (χ1) is 13.0. The van der Waals surface area contributed by atoms with Crippen molar-refractivity contribution in [2.24, 2.45) is 5.92 Å². The van der Waals surface area contributed by atoms with Crippen molar-refractivity contribution >= 4 is 33.1 Å². The highest BCUT2D eigenvalue weighted by atomic mass is 32.1. The Balaban J connectivity index is 1.57. The summed E-state index contributed by atoms with van der Waals surface area (Å²) >= 11 is 1.55. The summed E-state index contributed by atoms with van der Waals surface area (Å²) in [6.45, 7) is 2.05. The number of amides is 1. The predicted octanol–water partition coefficient (Wildman–Crippen LogP) is 2.63. The molecule has 1 aromatic carbocycles. The Labute approximate surface area is 160 Å². The minimum absolute atomic E-state index is 0.172. The molecule has 4 rings (SSSR count). The molecule has 3 aromatic rings. The number of aromatic nitrogens is 3. The fraction of sp³-hybridized carbons (Fsp3) is 0.368. The molecule has 0 bridgehead atoms. The first-order valence-electron chi connectivity index (χ1n) is 8.87. The van der Waals surface area contributed by atoms with Crippen LogP contribution in [0.4, 0.5) is 5.69 Å². The van der Waals surface area contributed by atoms with Gasteiger partial charge in [0.25, 0.3) is 5.56 Å². The normalized spacial score (nSPS) is 16.1. The van der Waals surface area contributed by atoms with Crippen molar-refractivity contribution in [1.29, 1.82) is 0 Å². The Morgan fingerprint density at radius 1 is 1.37 bits per heavy atom. The van der Waals surface area contributed by atoms with E-state index < -0.39 is 0 Å². The maximum absolute atomic E-state index is 12.9. The number of thiophene rings is 1. The zero-order valence-corrected chi connectivity index (χ0v) is 16.0. The van der Waals surface area contributed by atoms with Gasteiger partial charge >= 0.3 is 0 Å². The molecular formula is C19H20N4O3S. The zero-order valence-electron chi connectivity index (χ0n) is 15.2. The van der Waals surface area contributed by atoms with Gasteiger partial charge in [-0.1, -0.05) is 12.1 Å². The lowest BCUT2D eigenvalue weighted by Crippen LogP contribution is -2.30. The molecule has 0 saturated carbocycles. The summed E-state index contributed by atoms with van der Waals surface area (Å²) in [4.78, 5) is 27.1. The van der Waals surface area contributed by atoms with Gasteiger partial charge in [0.1, 0.15) is 12.3 Å². The van der Waals surface area contributed by atoms with E-state index in [1.807, 2.05) is 0 Å². The number of methoxy groups -OCH3 is 1. The van der Waals surface area contributed by atoms with Gasteiger partial charge in [0.05, 0.1) is 12.5 Å². The third-order valence-corrected chi connectivity index (χ3v) is 5.99. The van der Waals surface area contributed by atoms with E-state index in [1.165, 1.54) is 4.88 Å². The van der Waals surface area contributed by atoms with E-state index in [9.17, 15) is 9.59 Å². The number of benzene rings is 1. The van der Waals surface area contributed by atoms with Crippen molar-refractivity contribution in [3.8, 4) is 5.75 Å². The van der Waals surface area contributed by atoms with Crippen molar-refractivity contribution in [2.75, 3.05) is 12.4 Å². The van der Waals surface area contributed by atoms with E-state index >= 15 is 0 Å². The van der Waals surface area contributed by atoms with E-state index in [0.717, 1.165) is 29.5 Å². The van der Waals surface area contributed by atoms with Gasteiger partial charge in [-0.2, -0.15) is 0 Å². The lowest BCUT2D eigenvalue weighted by molar-refractivity contribution is -0.117. The number of aryl methyl sites for hydroxylation is 1. The van der Waals surface area contributed by atoms with Crippen LogP contribution in [-0.4, -0.2) is 28.0 Å². The van der Waals surface area contributed by atoms with Gasteiger partial charge < -0.3 is 10.1 Å². The number of carbonyl (C=O) groups is 1. The van der Waals surface area contributed by atoms with Crippen LogP contribution >= 0.6 is 11.3 Å². The molecule has 140 valence electrons. The van der Waals surface area contributed by atoms with Gasteiger partial charge in [-0.05, 0) is 55.0 Å². The molecule has 0 radical (unpaired) electrons. The molecule has 8 heteroatoms. The highest BCUT2D eigenvalue weighted by Crippen LogP contribution is 2.35. The molecule has 2 heterocycles. The topological polar surface area (TPSA) is 86.1 Å². The highest BCUT2D eigenvalue weighted by Gasteiger charge is 2.24. The molecule has 1 aliphatic rings. The monoisotopic (exact) mass is 384 g/mol. The maximum atomic E-state index is 12.9. The first-order valence-corrected chi connectivity index (χ1v) is 9.68. The van der Waals surface area contributed by atoms with Crippen LogP contribution < -0.4 is 15.6 Å². The number of nitrogens with one attached hydrogen (secondary N) is 1. The number of nitrogens with zero attached hydrogens (tertiary/aromatic N) is 3. The fourth-order valence-corrected chi connectivity index (χ4v) is 4.72. The summed E-state index contributed by atoms with van der Waals surface area (Å²) in [7, 11) is 1.58. The molecule has 0 spiro atoms. The van der Waals surface area contributed by atoms with Crippen molar-refractivity contribution in [3.63, 3.8) is 0 Å². The molecule has 0 aliphatic heterocycles. The number of anilines is 1. The minimum Gasteiger partial charge on any atom is -0.497 e. The summed E-state index contributed by atoms with van der Waals surface area (Å²) in [5.41, 5.74) is 1.49. The summed E-state index contributed by atoms with van der Waals surface area (Å²) in [6, 6.07) is 6.99. The van der Waals surface area contributed by atoms with Crippen molar-refractivity contribution in [3.05, 3.63) is 45.1 Å². The standard InChI is InChI=1S/C19H20N4O3S/c1-11-3-8-14-15(9-11)27-18-17(14)19(25)23(22-21-18)10-16(24)20-12-4-6-13(26-2)7-5-12/h4-7,11H,3,8-10H2,1-2H3,(H,20,24). The third kappa shape index (κ3) is 3.44. The molecule has 1 unspecified atom stereocenters. The average molecular weight is 384 g/mol. The van der Waals surface area contributed by atoms with Crippen LogP contribution in [0.3, 0.4) is 0 Å². The van der Waals surface area contributed by atoms with Crippen LogP contribution in [0.15, 0.2) is 29.1 Å². The number of carbonyl (C=O) groups excluding carboxylic acids is 1. The Hall–Kier alpha value is -2.74. The lowest BCUT2D eigenvalue weighted by atomic mass is 9.89. The predicted molar refractivity (Wildman–Crippen MR) is 104 cm³/mol. The SMILES string of the molecule is COc1ccc(NC(=O)Cn2nnc3sc4c(c3c2=O)CCC(C)C4)cc1. The third-order valence-electron chi connectivity index (χ3n) is 4.85. The van der Waals surface area contributed by atoms with Crippen LogP contribution in [0.5, 0.6) is 5.75 Å². The smallest absolute Gasteiger partial charge is 0.279 e. The summed E-state index contributed by atoms with van der Waals surface area (Å²) in [5, 5.41) is 11.5. The van der Waals surface area contributed by atoms with Gasteiger partial charge in [-0.25, -0.2) is 4.68 Å². The van der Waals surface area contributed by atoms with Gasteiger partial charge in [0, 0.05) is 10.6 Å². The van der Waals surface area contributed by atoms with E-state index in [4.69, 9.17) is 4.74 Å². The molecule has 7 nitrogen and oxygen atoms in total. The second kappa shape index (κ2) is 7.11. The molecule has 2 aromatic heterocycles. The van der Waals surface area contributed by atoms with E-state index in [2.05, 4.69) is 22.6 Å². The Bertz CT molecular complexity index is 1060. The fourth-order valence-electron chi connectivity index (χ4n) is 3.41. The molecule has 1 N–H and O–H groups in total. The lowest BCUT2D eigenvalue weighted by Gasteiger charge is -2.17. The van der Waals surface area contributed by atoms with Crippen molar-refractivity contribution in [2.45, 2.75) is 32.7 Å². The van der Waals surface area contributed by atoms with E-state index in [-0.39, 0.29) is 18.0 Å². The number of rotatable bonds is 4. The Morgan fingerprint density at radius 3 is 2.89 bits per heavy atom. The maximum Gasteiger partial charge on any atom is 0.279 e. The van der Waals surface area contributed by atoms with Crippen molar-refractivity contribution in [1.82, 2.24) is 15.0 Å². The first kappa shape index (κ1) is 17.7. The summed E-state index contributed by atoms with van der Waals surface area (Å²) < 4.78 is 6.24. The van der Waals surface area contributed by atoms with Gasteiger partial charge in [-0.3, -0.25) is 9.59 Å². The number of fused-ring (bicyclic) bond motifs is 3. The summed E-state index contributed by atoms with van der Waals surface area (Å²) in [5.74, 6) is 1.00. The van der Waals surface area contributed by atoms with Gasteiger partial charge in [-0.15, -0.1) is 16.4 Å². The van der Waals surface area contributed by atoms with Crippen LogP contribution in [0.1, 0.15) is 23.8 Å². The average Bonchev–Trinajstić information content (AvgIpc) is 3.02. The number of hydrogen-bond donors (Lipinski definition) is 1. The minimum atomic E-state index is -0.325. The Morgan fingerprint density at radius 2 is 2.15 bits per heavy atom. The summed E-state index contributed by atoms with van der Waals surface area (Å²) in [6.07, 6.45) is 2.93. The molecule has 27 heavy (non-hydrogen) atoms. The molecule has 1 amide bonds. The molecule has 1 atom stereocenters. The number of hydrogen-bond acceptors (Lipinski definition) is 6. The van der Waals surface area contributed by atoms with Crippen LogP contribution in [0.2, 0.25) is 0 Å². The van der Waals surface area contributed by atoms with Crippen LogP contribution in [0, 0.1) is 5.92 Å². The zero-order chi connectivity index (χ0) is 19.0. The highest BCUT2D eigenvalue weighted by molar-refractivity contribution is 7.18. The van der Waals surface area contributed by atoms with Gasteiger partial charge in [0.15, 0.2) is 4.83 Å². The molecule has 0 fully saturated rings. The second-order valence-corrected chi connectivity index (χ2v) is 7.94. The van der Waals surface area contributed by atoms with E-state index in [1.54, 1.807) is 42.7 Å². The van der Waals surface area contributed by atoms with Crippen LogP contribution in [-0.2, 0) is 24.2 Å². The van der Waals surface area contributed by atoms with Crippen LogP contribution in [0.25, 0.3) is 10.2 Å². The quantitative estimate of drug-likeness (QED) is 0.747. The van der Waals surface area contributed by atoms with Crippen molar-refractivity contribution < 1.29 is 9.53 Å². The molecule has 0 saturated heterocycles.